The van der Waals surface area contributed by atoms with Crippen LogP contribution in [0.1, 0.15) is 18.2 Å². The predicted octanol–water partition coefficient (Wildman–Crippen LogP) is 3.99. The van der Waals surface area contributed by atoms with Crippen molar-refractivity contribution in [3.63, 3.8) is 0 Å². The molecule has 9 nitrogen and oxygen atoms in total. The van der Waals surface area contributed by atoms with Gasteiger partial charge in [0.25, 0.3) is 0 Å². The third-order valence-corrected chi connectivity index (χ3v) is 5.53. The Hall–Kier alpha value is -4.37. The number of aromatic nitrogens is 6. The first kappa shape index (κ1) is 22.4. The van der Waals surface area contributed by atoms with Gasteiger partial charge in [0.05, 0.1) is 12.1 Å². The molecule has 3 aromatic heterocycles. The molecule has 0 aliphatic rings. The van der Waals surface area contributed by atoms with Crippen LogP contribution in [-0.4, -0.2) is 48.9 Å². The number of hydrogen-bond acceptors (Lipinski definition) is 8. The minimum Gasteiger partial charge on any atom is -0.486 e. The molecule has 5 rings (SSSR count). The highest BCUT2D eigenvalue weighted by Gasteiger charge is 2.12. The van der Waals surface area contributed by atoms with Crippen molar-refractivity contribution in [1.82, 2.24) is 30.6 Å². The highest BCUT2D eigenvalue weighted by Crippen LogP contribution is 2.31. The van der Waals surface area contributed by atoms with Crippen LogP contribution in [0, 0.1) is 0 Å². The van der Waals surface area contributed by atoms with Crippen molar-refractivity contribution >= 4 is 11.0 Å². The van der Waals surface area contributed by atoms with Crippen molar-refractivity contribution < 1.29 is 14.6 Å². The monoisotopic (exact) mass is 468 g/mol. The lowest BCUT2D eigenvalue weighted by Gasteiger charge is -2.12. The Kier molecular flexibility index (Phi) is 6.58. The number of aliphatic hydroxyl groups is 1. The summed E-state index contributed by atoms with van der Waals surface area (Å²) in [4.78, 5) is 9.19. The number of aromatic amines is 1. The molecule has 3 heterocycles. The molecule has 0 saturated carbocycles. The number of pyridine rings is 2. The molecule has 0 aliphatic carbocycles. The van der Waals surface area contributed by atoms with Gasteiger partial charge in [-0.05, 0) is 39.6 Å². The van der Waals surface area contributed by atoms with Crippen molar-refractivity contribution in [3.05, 3.63) is 78.0 Å². The summed E-state index contributed by atoms with van der Waals surface area (Å²) >= 11 is 0. The molecule has 0 saturated heterocycles. The molecule has 0 bridgehead atoms. The quantitative estimate of drug-likeness (QED) is 0.333. The van der Waals surface area contributed by atoms with E-state index in [1.807, 2.05) is 48.5 Å². The summed E-state index contributed by atoms with van der Waals surface area (Å²) in [7, 11) is 0. The topological polar surface area (TPSA) is 119 Å². The minimum absolute atomic E-state index is 0.0775. The van der Waals surface area contributed by atoms with E-state index >= 15 is 0 Å². The Morgan fingerprint density at radius 2 is 1.74 bits per heavy atom. The smallest absolute Gasteiger partial charge is 0.214 e. The van der Waals surface area contributed by atoms with E-state index in [1.165, 1.54) is 0 Å². The van der Waals surface area contributed by atoms with E-state index in [1.54, 1.807) is 6.07 Å². The first-order valence-electron chi connectivity index (χ1n) is 11.3. The number of rotatable bonds is 9. The summed E-state index contributed by atoms with van der Waals surface area (Å²) < 4.78 is 11.7. The average molecular weight is 469 g/mol. The van der Waals surface area contributed by atoms with Crippen LogP contribution in [0.3, 0.4) is 0 Å². The van der Waals surface area contributed by atoms with Crippen LogP contribution in [0.4, 0.5) is 0 Å². The maximum atomic E-state index is 9.03. The number of aliphatic hydroxyl groups excluding tert-OH is 1. The molecule has 9 heteroatoms. The van der Waals surface area contributed by atoms with E-state index in [2.05, 4.69) is 49.6 Å². The fraction of sp³-hybridized carbons (Fsp3) is 0.192. The normalized spacial score (nSPS) is 11.0. The zero-order valence-electron chi connectivity index (χ0n) is 19.2. The molecular formula is C26H24N6O3. The van der Waals surface area contributed by atoms with E-state index < -0.39 is 0 Å². The predicted molar refractivity (Wildman–Crippen MR) is 131 cm³/mol. The van der Waals surface area contributed by atoms with Crippen molar-refractivity contribution in [3.8, 4) is 34.1 Å². The average Bonchev–Trinajstić information content (AvgIpc) is 3.45. The molecule has 0 unspecified atom stereocenters. The number of aryl methyl sites for hydroxylation is 1. The standard InChI is InChI=1S/C26H24N6O3/c1-2-19-15-23(25-22(27-19)11-12-24(28-25)34-14-13-33)35-16-17-7-9-18(10-8-17)20-5-3-4-6-21(20)26-29-31-32-30-26/h3-12,15,33H,2,13-14,16H2,1H3,(H,29,30,31,32). The van der Waals surface area contributed by atoms with Crippen molar-refractivity contribution in [2.45, 2.75) is 20.0 Å². The molecule has 2 N–H and O–H groups in total. The summed E-state index contributed by atoms with van der Waals surface area (Å²) in [5.74, 6) is 1.69. The minimum atomic E-state index is -0.0775. The van der Waals surface area contributed by atoms with Gasteiger partial charge < -0.3 is 14.6 Å². The van der Waals surface area contributed by atoms with Gasteiger partial charge in [-0.1, -0.05) is 55.5 Å². The van der Waals surface area contributed by atoms with Crippen LogP contribution >= 0.6 is 0 Å². The summed E-state index contributed by atoms with van der Waals surface area (Å²) in [6.45, 7) is 2.53. The van der Waals surface area contributed by atoms with Crippen molar-refractivity contribution in [1.29, 1.82) is 0 Å². The van der Waals surface area contributed by atoms with Gasteiger partial charge in [-0.25, -0.2) is 10.1 Å². The van der Waals surface area contributed by atoms with E-state index in [0.717, 1.165) is 39.9 Å². The molecule has 0 atom stereocenters. The van der Waals surface area contributed by atoms with E-state index in [-0.39, 0.29) is 13.2 Å². The number of nitrogens with zero attached hydrogens (tertiary/aromatic N) is 5. The maximum absolute atomic E-state index is 9.03. The van der Waals surface area contributed by atoms with Gasteiger partial charge in [-0.15, -0.1) is 5.10 Å². The molecule has 0 radical (unpaired) electrons. The van der Waals surface area contributed by atoms with Gasteiger partial charge >= 0.3 is 0 Å². The Bertz CT molecular complexity index is 1420. The van der Waals surface area contributed by atoms with Crippen molar-refractivity contribution in [2.75, 3.05) is 13.2 Å². The number of benzene rings is 2. The molecular weight excluding hydrogens is 444 g/mol. The SMILES string of the molecule is CCc1cc(OCc2ccc(-c3ccccc3-c3nnn[nH]3)cc2)c2nc(OCCO)ccc2n1. The molecule has 0 spiro atoms. The number of H-pyrrole nitrogens is 1. The number of ether oxygens (including phenoxy) is 2. The highest BCUT2D eigenvalue weighted by molar-refractivity contribution is 5.82. The summed E-state index contributed by atoms with van der Waals surface area (Å²) in [5, 5.41) is 23.3. The molecule has 5 aromatic rings. The van der Waals surface area contributed by atoms with Gasteiger partial charge in [0.1, 0.15) is 24.5 Å². The lowest BCUT2D eigenvalue weighted by atomic mass is 9.98. The molecule has 2 aromatic carbocycles. The fourth-order valence-electron chi connectivity index (χ4n) is 3.79. The van der Waals surface area contributed by atoms with Gasteiger partial charge in [0.2, 0.25) is 5.88 Å². The van der Waals surface area contributed by atoms with Gasteiger partial charge in [-0.2, -0.15) is 0 Å². The zero-order valence-corrected chi connectivity index (χ0v) is 19.2. The molecule has 0 fully saturated rings. The number of fused-ring (bicyclic) bond motifs is 1. The van der Waals surface area contributed by atoms with Crippen LogP contribution in [0.25, 0.3) is 33.5 Å². The second-order valence-electron chi connectivity index (χ2n) is 7.84. The van der Waals surface area contributed by atoms with Crippen LogP contribution in [0.15, 0.2) is 66.7 Å². The summed E-state index contributed by atoms with van der Waals surface area (Å²) in [6.07, 6.45) is 0.782. The molecule has 176 valence electrons. The summed E-state index contributed by atoms with van der Waals surface area (Å²) in [5.41, 5.74) is 6.33. The van der Waals surface area contributed by atoms with Crippen LogP contribution in [-0.2, 0) is 13.0 Å². The van der Waals surface area contributed by atoms with Gasteiger partial charge in [0.15, 0.2) is 5.82 Å². The molecule has 0 amide bonds. The first-order valence-corrected chi connectivity index (χ1v) is 11.3. The van der Waals surface area contributed by atoms with Crippen molar-refractivity contribution in [2.24, 2.45) is 0 Å². The second kappa shape index (κ2) is 10.3. The van der Waals surface area contributed by atoms with Crippen LogP contribution in [0.5, 0.6) is 11.6 Å². The third-order valence-electron chi connectivity index (χ3n) is 5.53. The first-order chi connectivity index (χ1) is 17.2. The van der Waals surface area contributed by atoms with E-state index in [4.69, 9.17) is 14.6 Å². The lowest BCUT2D eigenvalue weighted by Crippen LogP contribution is -2.04. The Morgan fingerprint density at radius 1 is 0.914 bits per heavy atom. The number of hydrogen-bond donors (Lipinski definition) is 2. The molecule has 0 aliphatic heterocycles. The zero-order chi connectivity index (χ0) is 24.0. The van der Waals surface area contributed by atoms with Gasteiger partial charge in [0, 0.05) is 23.4 Å². The largest absolute Gasteiger partial charge is 0.486 e. The third kappa shape index (κ3) is 4.95. The van der Waals surface area contributed by atoms with Gasteiger partial charge in [-0.3, -0.25) is 4.98 Å². The van der Waals surface area contributed by atoms with Crippen LogP contribution in [0.2, 0.25) is 0 Å². The number of nitrogens with one attached hydrogen (secondary N) is 1. The Balaban J connectivity index is 1.38. The number of tetrazole rings is 1. The highest BCUT2D eigenvalue weighted by atomic mass is 16.5. The Morgan fingerprint density at radius 3 is 2.49 bits per heavy atom. The van der Waals surface area contributed by atoms with E-state index in [0.29, 0.717) is 29.6 Å². The molecule has 35 heavy (non-hydrogen) atoms. The second-order valence-corrected chi connectivity index (χ2v) is 7.84. The fourth-order valence-corrected chi connectivity index (χ4v) is 3.79. The van der Waals surface area contributed by atoms with E-state index in [9.17, 15) is 0 Å². The Labute approximate surface area is 201 Å². The maximum Gasteiger partial charge on any atom is 0.214 e. The van der Waals surface area contributed by atoms with Crippen LogP contribution < -0.4 is 9.47 Å². The summed E-state index contributed by atoms with van der Waals surface area (Å²) in [6, 6.07) is 21.7. The lowest BCUT2D eigenvalue weighted by molar-refractivity contribution is 0.197.